The molecule has 0 amide bonds. The van der Waals surface area contributed by atoms with Crippen LogP contribution in [0.5, 0.6) is 0 Å². The van der Waals surface area contributed by atoms with Crippen molar-refractivity contribution < 1.29 is 8.85 Å². The van der Waals surface area contributed by atoms with Crippen LogP contribution in [0.1, 0.15) is 67.2 Å². The SMILES string of the molecule is CCC(C)(CC)O[SiH2]CC[SiH2]OC(C)(CC)CC. The van der Waals surface area contributed by atoms with Crippen molar-refractivity contribution in [1.82, 2.24) is 0 Å². The van der Waals surface area contributed by atoms with Gasteiger partial charge in [0.25, 0.3) is 0 Å². The van der Waals surface area contributed by atoms with E-state index in [4.69, 9.17) is 8.85 Å². The highest BCUT2D eigenvalue weighted by atomic mass is 28.2. The van der Waals surface area contributed by atoms with Crippen molar-refractivity contribution in [2.45, 2.75) is 90.5 Å². The van der Waals surface area contributed by atoms with Crippen LogP contribution in [-0.4, -0.2) is 30.7 Å². The fraction of sp³-hybridized carbons (Fsp3) is 1.00. The topological polar surface area (TPSA) is 18.5 Å². The maximum absolute atomic E-state index is 6.12. The predicted octanol–water partition coefficient (Wildman–Crippen LogP) is 3.18. The first-order valence-corrected chi connectivity index (χ1v) is 10.9. The fourth-order valence-electron chi connectivity index (χ4n) is 1.75. The van der Waals surface area contributed by atoms with Crippen LogP contribution in [0.4, 0.5) is 0 Å². The van der Waals surface area contributed by atoms with E-state index < -0.39 is 0 Å². The Labute approximate surface area is 119 Å². The van der Waals surface area contributed by atoms with Gasteiger partial charge < -0.3 is 8.85 Å². The van der Waals surface area contributed by atoms with Crippen LogP contribution in [0.15, 0.2) is 0 Å². The summed E-state index contributed by atoms with van der Waals surface area (Å²) in [4.78, 5) is 0. The Hall–Kier alpha value is 0.354. The van der Waals surface area contributed by atoms with Gasteiger partial charge in [0.15, 0.2) is 19.5 Å². The molecule has 2 nitrogen and oxygen atoms in total. The number of hydrogen-bond donors (Lipinski definition) is 0. The van der Waals surface area contributed by atoms with Crippen molar-refractivity contribution in [3.8, 4) is 0 Å². The van der Waals surface area contributed by atoms with Crippen molar-refractivity contribution in [1.29, 1.82) is 0 Å². The molecule has 0 rings (SSSR count). The molecule has 0 aromatic heterocycles. The molecular weight excluding hydrogens is 256 g/mol. The Morgan fingerprint density at radius 3 is 1.17 bits per heavy atom. The van der Waals surface area contributed by atoms with Gasteiger partial charge in [-0.3, -0.25) is 0 Å². The second-order valence-electron chi connectivity index (χ2n) is 5.72. The highest BCUT2D eigenvalue weighted by Crippen LogP contribution is 2.20. The highest BCUT2D eigenvalue weighted by molar-refractivity contribution is 6.34. The van der Waals surface area contributed by atoms with Gasteiger partial charge in [-0.1, -0.05) is 27.7 Å². The third-order valence-electron chi connectivity index (χ3n) is 4.43. The zero-order chi connectivity index (χ0) is 14.1. The first-order valence-electron chi connectivity index (χ1n) is 7.73. The van der Waals surface area contributed by atoms with Gasteiger partial charge in [0.2, 0.25) is 0 Å². The van der Waals surface area contributed by atoms with Crippen LogP contribution in [-0.2, 0) is 8.85 Å². The standard InChI is InChI=1S/C14H34O2Si2/c1-7-13(5,8-2)15-17-11-12-18-16-14(6,9-3)10-4/h7-12,17-18H2,1-6H3. The summed E-state index contributed by atoms with van der Waals surface area (Å²) in [6.07, 6.45) is 4.53. The van der Waals surface area contributed by atoms with E-state index in [1.807, 2.05) is 0 Å². The van der Waals surface area contributed by atoms with E-state index in [0.717, 1.165) is 25.7 Å². The first-order chi connectivity index (χ1) is 8.45. The van der Waals surface area contributed by atoms with Crippen molar-refractivity contribution in [3.63, 3.8) is 0 Å². The second kappa shape index (κ2) is 9.29. The molecule has 0 spiro atoms. The van der Waals surface area contributed by atoms with Gasteiger partial charge in [0.1, 0.15) is 0 Å². The van der Waals surface area contributed by atoms with E-state index in [0.29, 0.717) is 0 Å². The summed E-state index contributed by atoms with van der Waals surface area (Å²) >= 11 is 0. The molecule has 0 unspecified atom stereocenters. The molecule has 0 aliphatic carbocycles. The molecule has 0 aromatic carbocycles. The summed E-state index contributed by atoms with van der Waals surface area (Å²) in [5.74, 6) is 0. The fourth-order valence-corrected chi connectivity index (χ4v) is 5.47. The maximum atomic E-state index is 6.12. The summed E-state index contributed by atoms with van der Waals surface area (Å²) in [7, 11) is -0.674. The van der Waals surface area contributed by atoms with Gasteiger partial charge in [0.05, 0.1) is 11.2 Å². The lowest BCUT2D eigenvalue weighted by atomic mass is 10.0. The maximum Gasteiger partial charge on any atom is 0.162 e. The molecule has 0 aliphatic heterocycles. The van der Waals surface area contributed by atoms with E-state index in [1.54, 1.807) is 0 Å². The molecule has 0 fully saturated rings. The quantitative estimate of drug-likeness (QED) is 0.430. The molecule has 0 saturated heterocycles. The minimum absolute atomic E-state index is 0.149. The van der Waals surface area contributed by atoms with Crippen molar-refractivity contribution in [3.05, 3.63) is 0 Å². The third-order valence-corrected chi connectivity index (χ3v) is 8.81. The van der Waals surface area contributed by atoms with E-state index in [1.165, 1.54) is 12.1 Å². The molecule has 0 radical (unpaired) electrons. The van der Waals surface area contributed by atoms with Crippen molar-refractivity contribution in [2.75, 3.05) is 0 Å². The Morgan fingerprint density at radius 2 is 0.944 bits per heavy atom. The Bertz CT molecular complexity index is 180. The molecule has 0 saturated carbocycles. The highest BCUT2D eigenvalue weighted by Gasteiger charge is 2.20. The number of rotatable bonds is 11. The van der Waals surface area contributed by atoms with Gasteiger partial charge >= 0.3 is 0 Å². The van der Waals surface area contributed by atoms with Gasteiger partial charge in [0, 0.05) is 0 Å². The summed E-state index contributed by atoms with van der Waals surface area (Å²) in [6, 6.07) is 2.59. The molecule has 110 valence electrons. The third kappa shape index (κ3) is 7.07. The Morgan fingerprint density at radius 1 is 0.667 bits per heavy atom. The van der Waals surface area contributed by atoms with E-state index in [9.17, 15) is 0 Å². The van der Waals surface area contributed by atoms with Gasteiger partial charge in [-0.05, 0) is 51.6 Å². The zero-order valence-electron chi connectivity index (χ0n) is 13.5. The normalized spacial score (nSPS) is 14.3. The van der Waals surface area contributed by atoms with Crippen molar-refractivity contribution in [2.24, 2.45) is 0 Å². The summed E-state index contributed by atoms with van der Waals surface area (Å²) in [6.45, 7) is 13.4. The predicted molar refractivity (Wildman–Crippen MR) is 86.8 cm³/mol. The summed E-state index contributed by atoms with van der Waals surface area (Å²) in [5.41, 5.74) is 0.298. The molecule has 0 aromatic rings. The van der Waals surface area contributed by atoms with Crippen LogP contribution in [0, 0.1) is 0 Å². The molecule has 0 atom stereocenters. The van der Waals surface area contributed by atoms with Crippen LogP contribution in [0.3, 0.4) is 0 Å². The molecule has 4 heteroatoms. The minimum atomic E-state index is -0.337. The zero-order valence-corrected chi connectivity index (χ0v) is 16.3. The van der Waals surface area contributed by atoms with E-state index in [2.05, 4.69) is 41.5 Å². The second-order valence-corrected chi connectivity index (χ2v) is 8.53. The monoisotopic (exact) mass is 290 g/mol. The first kappa shape index (κ1) is 18.4. The number of hydrogen-bond acceptors (Lipinski definition) is 2. The summed E-state index contributed by atoms with van der Waals surface area (Å²) in [5, 5.41) is 0. The lowest BCUT2D eigenvalue weighted by Crippen LogP contribution is -2.30. The molecule has 0 bridgehead atoms. The summed E-state index contributed by atoms with van der Waals surface area (Å²) < 4.78 is 12.2. The average Bonchev–Trinajstić information content (AvgIpc) is 2.42. The minimum Gasteiger partial charge on any atom is -0.419 e. The smallest absolute Gasteiger partial charge is 0.162 e. The molecule has 0 aliphatic rings. The lowest BCUT2D eigenvalue weighted by Gasteiger charge is -2.29. The van der Waals surface area contributed by atoms with Crippen molar-refractivity contribution >= 4 is 19.5 Å². The van der Waals surface area contributed by atoms with Gasteiger partial charge in [-0.25, -0.2) is 0 Å². The molecule has 0 N–H and O–H groups in total. The van der Waals surface area contributed by atoms with Gasteiger partial charge in [-0.2, -0.15) is 0 Å². The van der Waals surface area contributed by atoms with Crippen LogP contribution < -0.4 is 0 Å². The molecular formula is C14H34O2Si2. The largest absolute Gasteiger partial charge is 0.419 e. The van der Waals surface area contributed by atoms with E-state index in [-0.39, 0.29) is 30.7 Å². The average molecular weight is 291 g/mol. The molecule has 0 heterocycles. The van der Waals surface area contributed by atoms with Crippen LogP contribution >= 0.6 is 0 Å². The molecule has 18 heavy (non-hydrogen) atoms. The van der Waals surface area contributed by atoms with E-state index >= 15 is 0 Å². The van der Waals surface area contributed by atoms with Crippen LogP contribution in [0.25, 0.3) is 0 Å². The van der Waals surface area contributed by atoms with Crippen LogP contribution in [0.2, 0.25) is 12.1 Å². The Balaban J connectivity index is 3.63. The lowest BCUT2D eigenvalue weighted by molar-refractivity contribution is 0.0822. The Kier molecular flexibility index (Phi) is 9.47. The van der Waals surface area contributed by atoms with Gasteiger partial charge in [-0.15, -0.1) is 0 Å².